The van der Waals surface area contributed by atoms with Crippen molar-refractivity contribution in [2.45, 2.75) is 6.92 Å². The number of aryl methyl sites for hydroxylation is 1. The number of furan rings is 1. The van der Waals surface area contributed by atoms with Crippen LogP contribution in [0.3, 0.4) is 0 Å². The second-order valence-electron chi connectivity index (χ2n) is 4.83. The third-order valence-electron chi connectivity index (χ3n) is 3.13. The molecule has 7 nitrogen and oxygen atoms in total. The number of nitrogens with zero attached hydrogens (tertiary/aromatic N) is 2. The lowest BCUT2D eigenvalue weighted by atomic mass is 10.3. The minimum atomic E-state index is -1.18. The molecule has 0 fully saturated rings. The molecule has 0 radical (unpaired) electrons. The van der Waals surface area contributed by atoms with Gasteiger partial charge in [0.25, 0.3) is 5.91 Å². The number of rotatable bonds is 4. The number of carbonyl (C=O) groups is 2. The van der Waals surface area contributed by atoms with Gasteiger partial charge in [0, 0.05) is 6.07 Å². The highest BCUT2D eigenvalue weighted by Gasteiger charge is 2.18. The van der Waals surface area contributed by atoms with Gasteiger partial charge in [0.05, 0.1) is 5.69 Å². The second-order valence-corrected chi connectivity index (χ2v) is 4.83. The van der Waals surface area contributed by atoms with Crippen molar-refractivity contribution < 1.29 is 19.1 Å². The summed E-state index contributed by atoms with van der Waals surface area (Å²) >= 11 is 0. The minimum Gasteiger partial charge on any atom is -0.476 e. The summed E-state index contributed by atoms with van der Waals surface area (Å²) in [5.41, 5.74) is 0.464. The van der Waals surface area contributed by atoms with Crippen molar-refractivity contribution in [1.29, 1.82) is 0 Å². The number of aromatic nitrogens is 2. The number of anilines is 1. The van der Waals surface area contributed by atoms with E-state index in [4.69, 9.17) is 9.52 Å². The van der Waals surface area contributed by atoms with Crippen LogP contribution in [0.5, 0.6) is 0 Å². The van der Waals surface area contributed by atoms with Crippen LogP contribution in [0.25, 0.3) is 5.69 Å². The van der Waals surface area contributed by atoms with Gasteiger partial charge in [0.15, 0.2) is 11.5 Å². The van der Waals surface area contributed by atoms with E-state index in [1.807, 2.05) is 6.07 Å². The topological polar surface area (TPSA) is 97.4 Å². The van der Waals surface area contributed by atoms with E-state index in [0.717, 1.165) is 0 Å². The summed E-state index contributed by atoms with van der Waals surface area (Å²) in [4.78, 5) is 23.3. The Morgan fingerprint density at radius 2 is 1.91 bits per heavy atom. The van der Waals surface area contributed by atoms with E-state index in [2.05, 4.69) is 10.4 Å². The molecule has 3 aromatic rings. The van der Waals surface area contributed by atoms with Crippen LogP contribution < -0.4 is 5.32 Å². The summed E-state index contributed by atoms with van der Waals surface area (Å²) in [5.74, 6) is -0.665. The molecule has 2 aromatic heterocycles. The highest BCUT2D eigenvalue weighted by molar-refractivity contribution is 6.02. The first-order valence-corrected chi connectivity index (χ1v) is 6.81. The number of carbonyl (C=O) groups excluding carboxylic acids is 1. The van der Waals surface area contributed by atoms with E-state index < -0.39 is 11.9 Å². The maximum absolute atomic E-state index is 12.2. The summed E-state index contributed by atoms with van der Waals surface area (Å²) in [6.45, 7) is 1.73. The molecule has 2 N–H and O–H groups in total. The van der Waals surface area contributed by atoms with Gasteiger partial charge in [-0.15, -0.1) is 0 Å². The Balaban J connectivity index is 1.97. The van der Waals surface area contributed by atoms with Crippen molar-refractivity contribution in [2.75, 3.05) is 5.32 Å². The van der Waals surface area contributed by atoms with E-state index in [0.29, 0.717) is 11.4 Å². The Bertz CT molecular complexity index is 865. The number of benzene rings is 1. The van der Waals surface area contributed by atoms with Crippen molar-refractivity contribution in [3.05, 3.63) is 65.7 Å². The maximum Gasteiger partial charge on any atom is 0.356 e. The molecule has 0 saturated heterocycles. The summed E-state index contributed by atoms with van der Waals surface area (Å²) < 4.78 is 6.62. The quantitative estimate of drug-likeness (QED) is 0.772. The number of para-hydroxylation sites is 1. The molecule has 23 heavy (non-hydrogen) atoms. The Hall–Kier alpha value is -3.35. The van der Waals surface area contributed by atoms with Gasteiger partial charge >= 0.3 is 5.97 Å². The molecule has 7 heteroatoms. The third kappa shape index (κ3) is 2.98. The predicted molar refractivity (Wildman–Crippen MR) is 81.9 cm³/mol. The van der Waals surface area contributed by atoms with E-state index in [-0.39, 0.29) is 17.3 Å². The summed E-state index contributed by atoms with van der Waals surface area (Å²) in [6.07, 6.45) is 0. The van der Waals surface area contributed by atoms with Crippen molar-refractivity contribution in [3.63, 3.8) is 0 Å². The molecular formula is C16H13N3O4. The van der Waals surface area contributed by atoms with Gasteiger partial charge < -0.3 is 14.8 Å². The van der Waals surface area contributed by atoms with Gasteiger partial charge in [-0.25, -0.2) is 9.48 Å². The lowest BCUT2D eigenvalue weighted by Gasteiger charge is -2.07. The lowest BCUT2D eigenvalue weighted by molar-refractivity contribution is 0.0689. The maximum atomic E-state index is 12.2. The van der Waals surface area contributed by atoms with Crippen molar-refractivity contribution in [3.8, 4) is 5.69 Å². The average Bonchev–Trinajstić information content (AvgIpc) is 3.15. The largest absolute Gasteiger partial charge is 0.476 e. The van der Waals surface area contributed by atoms with Crippen LogP contribution in [0.2, 0.25) is 0 Å². The van der Waals surface area contributed by atoms with E-state index >= 15 is 0 Å². The van der Waals surface area contributed by atoms with Crippen LogP contribution >= 0.6 is 0 Å². The molecule has 1 aromatic carbocycles. The Kier molecular flexibility index (Phi) is 3.68. The number of carboxylic acids is 1. The van der Waals surface area contributed by atoms with Crippen LogP contribution in [0.4, 0.5) is 5.82 Å². The zero-order valence-corrected chi connectivity index (χ0v) is 12.2. The number of amides is 1. The predicted octanol–water partition coefficient (Wildman–Crippen LogP) is 2.72. The smallest absolute Gasteiger partial charge is 0.356 e. The zero-order chi connectivity index (χ0) is 16.4. The standard InChI is InChI=1S/C16H13N3O4/c1-10-7-8-13(23-10)15(20)17-14-9-12(16(21)22)18-19(14)11-5-3-2-4-6-11/h2-9H,1H3,(H,17,20)(H,21,22). The Morgan fingerprint density at radius 1 is 1.17 bits per heavy atom. The first-order chi connectivity index (χ1) is 11.0. The first kappa shape index (κ1) is 14.6. The molecule has 0 atom stereocenters. The molecule has 0 aliphatic rings. The van der Waals surface area contributed by atoms with E-state index in [1.165, 1.54) is 10.7 Å². The van der Waals surface area contributed by atoms with Gasteiger partial charge in [0.2, 0.25) is 0 Å². The minimum absolute atomic E-state index is 0.139. The molecular weight excluding hydrogens is 298 g/mol. The van der Waals surface area contributed by atoms with Crippen molar-refractivity contribution in [2.24, 2.45) is 0 Å². The molecule has 0 aliphatic heterocycles. The molecule has 0 aliphatic carbocycles. The molecule has 0 saturated carbocycles. The van der Waals surface area contributed by atoms with Gasteiger partial charge in [-0.05, 0) is 31.2 Å². The number of carboxylic acid groups (broad SMARTS) is 1. The molecule has 0 bridgehead atoms. The van der Waals surface area contributed by atoms with Gasteiger partial charge in [-0.2, -0.15) is 5.10 Å². The fraction of sp³-hybridized carbons (Fsp3) is 0.0625. The van der Waals surface area contributed by atoms with Crippen LogP contribution in [0, 0.1) is 6.92 Å². The van der Waals surface area contributed by atoms with Crippen LogP contribution in [-0.2, 0) is 0 Å². The number of aromatic carboxylic acids is 1. The van der Waals surface area contributed by atoms with Gasteiger partial charge in [0.1, 0.15) is 11.6 Å². The normalized spacial score (nSPS) is 10.5. The van der Waals surface area contributed by atoms with E-state index in [1.54, 1.807) is 43.3 Å². The fourth-order valence-electron chi connectivity index (χ4n) is 2.08. The van der Waals surface area contributed by atoms with Crippen molar-refractivity contribution >= 4 is 17.7 Å². The highest BCUT2D eigenvalue weighted by atomic mass is 16.4. The monoisotopic (exact) mass is 311 g/mol. The molecule has 3 rings (SSSR count). The summed E-state index contributed by atoms with van der Waals surface area (Å²) in [6, 6.07) is 13.4. The number of hydrogen-bond acceptors (Lipinski definition) is 4. The highest BCUT2D eigenvalue weighted by Crippen LogP contribution is 2.19. The lowest BCUT2D eigenvalue weighted by Crippen LogP contribution is -2.14. The van der Waals surface area contributed by atoms with Crippen LogP contribution in [0.15, 0.2) is 52.9 Å². The first-order valence-electron chi connectivity index (χ1n) is 6.81. The molecule has 116 valence electrons. The molecule has 0 unspecified atom stereocenters. The number of hydrogen-bond donors (Lipinski definition) is 2. The van der Waals surface area contributed by atoms with Crippen LogP contribution in [0.1, 0.15) is 26.8 Å². The number of nitrogens with one attached hydrogen (secondary N) is 1. The molecule has 2 heterocycles. The Labute approximate surface area is 131 Å². The average molecular weight is 311 g/mol. The van der Waals surface area contributed by atoms with Crippen molar-refractivity contribution in [1.82, 2.24) is 9.78 Å². The Morgan fingerprint density at radius 3 is 2.52 bits per heavy atom. The molecule has 0 spiro atoms. The fourth-order valence-corrected chi connectivity index (χ4v) is 2.08. The molecule has 1 amide bonds. The van der Waals surface area contributed by atoms with Gasteiger partial charge in [-0.1, -0.05) is 18.2 Å². The summed E-state index contributed by atoms with van der Waals surface area (Å²) in [5, 5.41) is 15.7. The third-order valence-corrected chi connectivity index (χ3v) is 3.13. The van der Waals surface area contributed by atoms with E-state index in [9.17, 15) is 9.59 Å². The SMILES string of the molecule is Cc1ccc(C(=O)Nc2cc(C(=O)O)nn2-c2ccccc2)o1. The zero-order valence-electron chi connectivity index (χ0n) is 12.2. The second kappa shape index (κ2) is 5.80. The van der Waals surface area contributed by atoms with Gasteiger partial charge in [-0.3, -0.25) is 4.79 Å². The van der Waals surface area contributed by atoms with Crippen LogP contribution in [-0.4, -0.2) is 26.8 Å². The summed E-state index contributed by atoms with van der Waals surface area (Å²) in [7, 11) is 0.